The second kappa shape index (κ2) is 9.38. The van der Waals surface area contributed by atoms with Gasteiger partial charge in [-0.05, 0) is 5.41 Å². The van der Waals surface area contributed by atoms with Crippen LogP contribution in [0, 0.1) is 5.41 Å². The van der Waals surface area contributed by atoms with Gasteiger partial charge in [-0.3, -0.25) is 9.59 Å². The highest BCUT2D eigenvalue weighted by atomic mass is 16.3. The fourth-order valence-electron chi connectivity index (χ4n) is 4.48. The van der Waals surface area contributed by atoms with Crippen molar-refractivity contribution in [3.8, 4) is 11.4 Å². The Morgan fingerprint density at radius 1 is 1.24 bits per heavy atom. The van der Waals surface area contributed by atoms with Crippen LogP contribution in [0.1, 0.15) is 38.9 Å². The molecule has 10 nitrogen and oxygen atoms in total. The SMILES string of the molecule is CNC(=O)[C@H]1CC(O)CN1C(=O)C(n1cc(Cn2ccnc2-c2ccccc2)nn1)C(C)(C)C. The number of hydrogen-bond acceptors (Lipinski definition) is 6. The molecule has 1 aliphatic rings. The van der Waals surface area contributed by atoms with E-state index in [1.807, 2.05) is 61.9 Å². The van der Waals surface area contributed by atoms with Crippen LogP contribution in [0.4, 0.5) is 0 Å². The Bertz CT molecular complexity index is 1150. The van der Waals surface area contributed by atoms with Crippen LogP contribution < -0.4 is 5.32 Å². The van der Waals surface area contributed by atoms with Crippen molar-refractivity contribution < 1.29 is 14.7 Å². The van der Waals surface area contributed by atoms with Gasteiger partial charge in [0.15, 0.2) is 0 Å². The summed E-state index contributed by atoms with van der Waals surface area (Å²) < 4.78 is 3.55. The third-order valence-corrected chi connectivity index (χ3v) is 6.07. The van der Waals surface area contributed by atoms with Crippen LogP contribution in [0.3, 0.4) is 0 Å². The normalized spacial score (nSPS) is 19.3. The zero-order valence-electron chi connectivity index (χ0n) is 19.9. The number of rotatable bonds is 6. The first-order chi connectivity index (χ1) is 16.2. The molecule has 1 aromatic carbocycles. The number of aliphatic hydroxyl groups is 1. The molecule has 1 fully saturated rings. The molecule has 1 aliphatic heterocycles. The van der Waals surface area contributed by atoms with Gasteiger partial charge >= 0.3 is 0 Å². The molecule has 0 spiro atoms. The average molecular weight is 466 g/mol. The summed E-state index contributed by atoms with van der Waals surface area (Å²) in [6, 6.07) is 8.48. The van der Waals surface area contributed by atoms with Gasteiger partial charge in [-0.25, -0.2) is 9.67 Å². The van der Waals surface area contributed by atoms with Crippen LogP contribution in [0.25, 0.3) is 11.4 Å². The second-order valence-corrected chi connectivity index (χ2v) is 9.71. The largest absolute Gasteiger partial charge is 0.391 e. The molecule has 2 amide bonds. The predicted octanol–water partition coefficient (Wildman–Crippen LogP) is 1.48. The summed E-state index contributed by atoms with van der Waals surface area (Å²) in [5.41, 5.74) is 1.17. The van der Waals surface area contributed by atoms with Gasteiger partial charge < -0.3 is 19.9 Å². The molecule has 3 heterocycles. The number of imidazole rings is 1. The highest BCUT2D eigenvalue weighted by Crippen LogP contribution is 2.34. The fourth-order valence-corrected chi connectivity index (χ4v) is 4.48. The van der Waals surface area contributed by atoms with E-state index in [1.165, 1.54) is 11.9 Å². The van der Waals surface area contributed by atoms with Gasteiger partial charge in [0.1, 0.15) is 23.6 Å². The summed E-state index contributed by atoms with van der Waals surface area (Å²) in [6.45, 7) is 6.39. The van der Waals surface area contributed by atoms with Gasteiger partial charge in [0.05, 0.1) is 18.8 Å². The van der Waals surface area contributed by atoms with E-state index in [4.69, 9.17) is 0 Å². The lowest BCUT2D eigenvalue weighted by molar-refractivity contribution is -0.144. The van der Waals surface area contributed by atoms with Crippen LogP contribution in [0.5, 0.6) is 0 Å². The lowest BCUT2D eigenvalue weighted by Crippen LogP contribution is -2.49. The van der Waals surface area contributed by atoms with Crippen LogP contribution in [0.2, 0.25) is 0 Å². The highest BCUT2D eigenvalue weighted by Gasteiger charge is 2.45. The smallest absolute Gasteiger partial charge is 0.248 e. The Balaban J connectivity index is 1.60. The van der Waals surface area contributed by atoms with Gasteiger partial charge in [-0.1, -0.05) is 56.3 Å². The van der Waals surface area contributed by atoms with Gasteiger partial charge in [0, 0.05) is 38.0 Å². The summed E-state index contributed by atoms with van der Waals surface area (Å²) in [5.74, 6) is 0.269. The minimum atomic E-state index is -0.740. The Labute approximate surface area is 198 Å². The van der Waals surface area contributed by atoms with Crippen molar-refractivity contribution in [3.05, 3.63) is 54.6 Å². The number of likely N-dealkylation sites (tertiary alicyclic amines) is 1. The number of aromatic nitrogens is 5. The molecular weight excluding hydrogens is 434 g/mol. The van der Waals surface area contributed by atoms with Gasteiger partial charge in [-0.2, -0.15) is 0 Å². The molecular formula is C24H31N7O3. The lowest BCUT2D eigenvalue weighted by Gasteiger charge is -2.34. The predicted molar refractivity (Wildman–Crippen MR) is 125 cm³/mol. The molecule has 180 valence electrons. The first-order valence-corrected chi connectivity index (χ1v) is 11.4. The molecule has 2 N–H and O–H groups in total. The summed E-state index contributed by atoms with van der Waals surface area (Å²) in [6.07, 6.45) is 4.87. The van der Waals surface area contributed by atoms with Crippen molar-refractivity contribution >= 4 is 11.8 Å². The molecule has 2 aromatic heterocycles. The van der Waals surface area contributed by atoms with E-state index in [9.17, 15) is 14.7 Å². The number of carbonyl (C=O) groups excluding carboxylic acids is 2. The van der Waals surface area contributed by atoms with Crippen molar-refractivity contribution in [2.45, 2.75) is 51.9 Å². The summed E-state index contributed by atoms with van der Waals surface area (Å²) in [7, 11) is 1.53. The van der Waals surface area contributed by atoms with E-state index in [-0.39, 0.29) is 24.8 Å². The van der Waals surface area contributed by atoms with E-state index in [0.717, 1.165) is 11.4 Å². The van der Waals surface area contributed by atoms with Crippen molar-refractivity contribution in [2.24, 2.45) is 5.41 Å². The third kappa shape index (κ3) is 4.72. The van der Waals surface area contributed by atoms with Crippen molar-refractivity contribution in [3.63, 3.8) is 0 Å². The fraction of sp³-hybridized carbons (Fsp3) is 0.458. The Kier molecular flexibility index (Phi) is 6.52. The molecule has 10 heteroatoms. The first-order valence-electron chi connectivity index (χ1n) is 11.4. The number of carbonyl (C=O) groups is 2. The van der Waals surface area contributed by atoms with Crippen LogP contribution in [-0.4, -0.2) is 72.1 Å². The molecule has 3 atom stereocenters. The second-order valence-electron chi connectivity index (χ2n) is 9.71. The molecule has 4 rings (SSSR count). The number of amides is 2. The quantitative estimate of drug-likeness (QED) is 0.569. The number of nitrogens with zero attached hydrogens (tertiary/aromatic N) is 6. The van der Waals surface area contributed by atoms with E-state index >= 15 is 0 Å². The van der Waals surface area contributed by atoms with Crippen LogP contribution >= 0.6 is 0 Å². The molecule has 1 saturated heterocycles. The zero-order valence-corrected chi connectivity index (χ0v) is 19.9. The minimum absolute atomic E-state index is 0.112. The number of hydrogen-bond donors (Lipinski definition) is 2. The molecule has 2 unspecified atom stereocenters. The van der Waals surface area contributed by atoms with Crippen LogP contribution in [-0.2, 0) is 16.1 Å². The molecule has 0 aliphatic carbocycles. The van der Waals surface area contributed by atoms with Crippen LogP contribution in [0.15, 0.2) is 48.9 Å². The Morgan fingerprint density at radius 2 is 1.97 bits per heavy atom. The van der Waals surface area contributed by atoms with Crippen molar-refractivity contribution in [1.82, 2.24) is 34.8 Å². The molecule has 3 aromatic rings. The summed E-state index contributed by atoms with van der Waals surface area (Å²) >= 11 is 0. The Hall–Kier alpha value is -3.53. The minimum Gasteiger partial charge on any atom is -0.391 e. The third-order valence-electron chi connectivity index (χ3n) is 6.07. The Morgan fingerprint density at radius 3 is 2.65 bits per heavy atom. The first kappa shape index (κ1) is 23.6. The van der Waals surface area contributed by atoms with Gasteiger partial charge in [0.2, 0.25) is 11.8 Å². The monoisotopic (exact) mass is 465 g/mol. The maximum absolute atomic E-state index is 13.7. The van der Waals surface area contributed by atoms with E-state index in [0.29, 0.717) is 12.2 Å². The summed E-state index contributed by atoms with van der Waals surface area (Å²) in [5, 5.41) is 21.4. The highest BCUT2D eigenvalue weighted by molar-refractivity contribution is 5.90. The maximum atomic E-state index is 13.7. The number of benzene rings is 1. The maximum Gasteiger partial charge on any atom is 0.248 e. The topological polar surface area (TPSA) is 118 Å². The van der Waals surface area contributed by atoms with Gasteiger partial charge in [0.25, 0.3) is 0 Å². The standard InChI is InChI=1S/C24H31N7O3/c1-24(2,3)20(23(34)30-15-18(32)12-19(30)22(33)25-4)31-14-17(27-28-31)13-29-11-10-26-21(29)16-8-6-5-7-9-16/h5-11,14,18-20,32H,12-13,15H2,1-4H3,(H,25,33)/t18?,19-,20?/m1/s1. The molecule has 0 saturated carbocycles. The number of β-amino-alcohol motifs (C(OH)–C–C–N with tert-alkyl or cyclic N) is 1. The van der Waals surface area contributed by atoms with E-state index < -0.39 is 23.6 Å². The number of aliphatic hydroxyl groups excluding tert-OH is 1. The molecule has 0 radical (unpaired) electrons. The van der Waals surface area contributed by atoms with E-state index in [2.05, 4.69) is 20.6 Å². The number of nitrogens with one attached hydrogen (secondary N) is 1. The average Bonchev–Trinajstić information content (AvgIpc) is 3.53. The van der Waals surface area contributed by atoms with Crippen molar-refractivity contribution in [2.75, 3.05) is 13.6 Å². The van der Waals surface area contributed by atoms with E-state index in [1.54, 1.807) is 17.1 Å². The summed E-state index contributed by atoms with van der Waals surface area (Å²) in [4.78, 5) is 32.0. The van der Waals surface area contributed by atoms with Crippen molar-refractivity contribution in [1.29, 1.82) is 0 Å². The lowest BCUT2D eigenvalue weighted by atomic mass is 9.85. The molecule has 34 heavy (non-hydrogen) atoms. The van der Waals surface area contributed by atoms with Gasteiger partial charge in [-0.15, -0.1) is 5.10 Å². The molecule has 0 bridgehead atoms. The number of likely N-dealkylation sites (N-methyl/N-ethyl adjacent to an activating group) is 1. The zero-order chi connectivity index (χ0) is 24.5.